The summed E-state index contributed by atoms with van der Waals surface area (Å²) in [6, 6.07) is 0. The smallest absolute Gasteiger partial charge is 1.00 e. The molecule has 0 aliphatic heterocycles. The summed E-state index contributed by atoms with van der Waals surface area (Å²) < 4.78 is -1.07. The van der Waals surface area contributed by atoms with Crippen LogP contribution in [0.15, 0.2) is 0 Å². The van der Waals surface area contributed by atoms with Crippen LogP contribution in [0, 0.1) is 0 Å². The third kappa shape index (κ3) is 5.78. The maximum atomic E-state index is 11.3. The maximum Gasteiger partial charge on any atom is 1.00 e. The number of aliphatic carboxylic acids is 4. The van der Waals surface area contributed by atoms with Gasteiger partial charge in [0.25, 0.3) is 0 Å². The van der Waals surface area contributed by atoms with Crippen molar-refractivity contribution in [1.82, 2.24) is 6.15 Å². The molecule has 10 nitrogen and oxygen atoms in total. The minimum absolute atomic E-state index is 0. The van der Waals surface area contributed by atoms with Crippen LogP contribution in [0.3, 0.4) is 0 Å². The molecule has 0 aromatic rings. The summed E-state index contributed by atoms with van der Waals surface area (Å²) >= 11 is 0. The molecule has 0 spiro atoms. The number of carbonyl (C=O) groups excluding carboxylic acids is 1. The second kappa shape index (κ2) is 9.83. The molecule has 1 aliphatic rings. The van der Waals surface area contributed by atoms with Gasteiger partial charge in [0.1, 0.15) is 6.54 Å². The van der Waals surface area contributed by atoms with E-state index in [4.69, 9.17) is 15.3 Å². The van der Waals surface area contributed by atoms with Gasteiger partial charge in [0, 0.05) is 12.8 Å². The molecule has 118 valence electrons. The zero-order chi connectivity index (χ0) is 14.8. The van der Waals surface area contributed by atoms with Crippen LogP contribution < -0.4 is 70.4 Å². The topological polar surface area (TPSA) is 187 Å². The summed E-state index contributed by atoms with van der Waals surface area (Å²) in [6.45, 7) is -2.76. The summed E-state index contributed by atoms with van der Waals surface area (Å²) in [7, 11) is 0. The van der Waals surface area contributed by atoms with Crippen LogP contribution in [-0.4, -0.2) is 68.9 Å². The van der Waals surface area contributed by atoms with Crippen molar-refractivity contribution in [3.8, 4) is 0 Å². The Balaban J connectivity index is -0.000000241. The standard InChI is InChI=1S/C10H13NO8.H3N.2Na.2H/c12-6(13)3-11(4-7(14)15,5-8(16)17)10(1-2-10)9(18)19;;;;;/h1-5H2,(H3-,12,13,14,15,16,17,18,19);1H3;;;;/q;;2*+1;2*-1. The average molecular weight is 340 g/mol. The minimum Gasteiger partial charge on any atom is -1.00 e. The second-order valence-corrected chi connectivity index (χ2v) is 4.62. The Morgan fingerprint density at radius 3 is 1.50 bits per heavy atom. The largest absolute Gasteiger partial charge is 1.00 e. The molecule has 1 aliphatic carbocycles. The molecule has 0 radical (unpaired) electrons. The molecular formula is C10H18N2Na2O8. The molecule has 0 bridgehead atoms. The molecule has 22 heavy (non-hydrogen) atoms. The Kier molecular flexibility index (Phi) is 11.9. The van der Waals surface area contributed by atoms with Gasteiger partial charge in [-0.1, -0.05) is 0 Å². The first-order chi connectivity index (χ1) is 8.65. The molecular weight excluding hydrogens is 322 g/mol. The average Bonchev–Trinajstić information content (AvgIpc) is 2.93. The van der Waals surface area contributed by atoms with E-state index < -0.39 is 53.5 Å². The summed E-state index contributed by atoms with van der Waals surface area (Å²) in [5, 5.41) is 37.6. The molecule has 0 unspecified atom stereocenters. The van der Waals surface area contributed by atoms with Crippen LogP contribution in [0.5, 0.6) is 0 Å². The van der Waals surface area contributed by atoms with Gasteiger partial charge in [0.15, 0.2) is 18.6 Å². The Hall–Kier alpha value is -0.200. The summed E-state index contributed by atoms with van der Waals surface area (Å²) in [5.74, 6) is -6.00. The van der Waals surface area contributed by atoms with Crippen LogP contribution in [0.25, 0.3) is 0 Å². The van der Waals surface area contributed by atoms with E-state index in [-0.39, 0.29) is 81.0 Å². The van der Waals surface area contributed by atoms with Gasteiger partial charge in [-0.25, -0.2) is 14.4 Å². The van der Waals surface area contributed by atoms with Gasteiger partial charge in [-0.05, 0) is 0 Å². The molecule has 0 heterocycles. The molecule has 6 N–H and O–H groups in total. The van der Waals surface area contributed by atoms with Gasteiger partial charge < -0.3 is 34.2 Å². The fourth-order valence-electron chi connectivity index (χ4n) is 2.40. The van der Waals surface area contributed by atoms with Crippen molar-refractivity contribution in [1.29, 1.82) is 0 Å². The van der Waals surface area contributed by atoms with Gasteiger partial charge in [0.2, 0.25) is 0 Å². The number of quaternary nitrogens is 1. The minimum atomic E-state index is -1.69. The van der Waals surface area contributed by atoms with E-state index in [0.29, 0.717) is 0 Å². The van der Waals surface area contributed by atoms with E-state index in [1.165, 1.54) is 0 Å². The maximum absolute atomic E-state index is 11.3. The first kappa shape index (κ1) is 26.7. The number of hydrogen-bond acceptors (Lipinski definition) is 6. The van der Waals surface area contributed by atoms with Crippen LogP contribution in [0.4, 0.5) is 0 Å². The van der Waals surface area contributed by atoms with E-state index in [1.807, 2.05) is 0 Å². The zero-order valence-electron chi connectivity index (χ0n) is 14.6. The van der Waals surface area contributed by atoms with E-state index in [1.54, 1.807) is 0 Å². The van der Waals surface area contributed by atoms with Crippen molar-refractivity contribution in [2.24, 2.45) is 0 Å². The fourth-order valence-corrected chi connectivity index (χ4v) is 2.40. The molecule has 0 amide bonds. The molecule has 0 aromatic carbocycles. The Bertz CT molecular complexity index is 421. The van der Waals surface area contributed by atoms with Gasteiger partial charge in [0.05, 0.1) is 5.97 Å². The van der Waals surface area contributed by atoms with Crippen LogP contribution in [-0.2, 0) is 19.2 Å². The number of rotatable bonds is 8. The van der Waals surface area contributed by atoms with Crippen molar-refractivity contribution in [3.05, 3.63) is 0 Å². The summed E-state index contributed by atoms with van der Waals surface area (Å²) in [6.07, 6.45) is 0.0757. The number of hydrogen-bond donors (Lipinski definition) is 4. The normalized spacial score (nSPS) is 14.4. The Morgan fingerprint density at radius 1 is 0.955 bits per heavy atom. The van der Waals surface area contributed by atoms with Crippen molar-refractivity contribution < 1.29 is 106 Å². The van der Waals surface area contributed by atoms with E-state index >= 15 is 0 Å². The predicted octanol–water partition coefficient (Wildman–Crippen LogP) is -8.27. The Morgan fingerprint density at radius 2 is 1.32 bits per heavy atom. The van der Waals surface area contributed by atoms with Crippen molar-refractivity contribution in [3.63, 3.8) is 0 Å². The number of carboxylic acid groups (broad SMARTS) is 4. The van der Waals surface area contributed by atoms with Crippen molar-refractivity contribution in [2.45, 2.75) is 18.4 Å². The number of carboxylic acids is 4. The van der Waals surface area contributed by atoms with Gasteiger partial charge in [-0.15, -0.1) is 0 Å². The van der Waals surface area contributed by atoms with Crippen molar-refractivity contribution >= 4 is 23.9 Å². The van der Waals surface area contributed by atoms with Crippen LogP contribution >= 0.6 is 0 Å². The van der Waals surface area contributed by atoms with Gasteiger partial charge in [-0.3, -0.25) is 4.48 Å². The van der Waals surface area contributed by atoms with E-state index in [9.17, 15) is 24.3 Å². The molecule has 1 fully saturated rings. The van der Waals surface area contributed by atoms with Crippen LogP contribution in [0.2, 0.25) is 0 Å². The van der Waals surface area contributed by atoms with Crippen molar-refractivity contribution in [2.75, 3.05) is 19.6 Å². The first-order valence-electron chi connectivity index (χ1n) is 5.38. The Labute approximate surface area is 173 Å². The third-order valence-electron chi connectivity index (χ3n) is 3.34. The number of carbonyl (C=O) groups is 4. The van der Waals surface area contributed by atoms with Gasteiger partial charge >= 0.3 is 77.0 Å². The second-order valence-electron chi connectivity index (χ2n) is 4.62. The zero-order valence-corrected chi connectivity index (χ0v) is 16.6. The molecule has 1 saturated carbocycles. The fraction of sp³-hybridized carbons (Fsp3) is 0.600. The van der Waals surface area contributed by atoms with E-state index in [2.05, 4.69) is 0 Å². The summed E-state index contributed by atoms with van der Waals surface area (Å²) in [4.78, 5) is 43.7. The van der Waals surface area contributed by atoms with Crippen LogP contribution in [0.1, 0.15) is 15.7 Å². The molecule has 1 rings (SSSR count). The molecule has 0 aromatic heterocycles. The van der Waals surface area contributed by atoms with E-state index in [0.717, 1.165) is 0 Å². The quantitative estimate of drug-likeness (QED) is 0.246. The predicted molar refractivity (Wildman–Crippen MR) is 62.0 cm³/mol. The monoisotopic (exact) mass is 340 g/mol. The first-order valence-corrected chi connectivity index (χ1v) is 5.38. The third-order valence-corrected chi connectivity index (χ3v) is 3.34. The molecule has 12 heteroatoms. The molecule has 0 atom stereocenters. The summed E-state index contributed by atoms with van der Waals surface area (Å²) in [5.41, 5.74) is -1.67. The number of nitrogens with zero attached hydrogens (tertiary/aromatic N) is 1. The molecule has 0 saturated heterocycles. The van der Waals surface area contributed by atoms with Gasteiger partial charge in [-0.2, -0.15) is 0 Å². The SMILES string of the molecule is N.O=C([O-])C[N+](CC(=O)O)(CC(=O)O)C1(C(=O)O)CC1.[H-].[H-].[Na+].[Na+].